The molecule has 0 heterocycles. The standard InChI is InChI=1S/C19H16F5NO2/c20-13-5-8-17(16(21)9-13)27-11-18(26)25(14-6-7-14)10-12-3-1-2-4-15(12)19(22,23)24/h1-5,8-9,14H,6-7,10-11H2. The molecule has 8 heteroatoms. The summed E-state index contributed by atoms with van der Waals surface area (Å²) in [5, 5.41) is 0. The predicted molar refractivity (Wildman–Crippen MR) is 86.9 cm³/mol. The first-order valence-corrected chi connectivity index (χ1v) is 8.28. The van der Waals surface area contributed by atoms with Gasteiger partial charge in [-0.1, -0.05) is 18.2 Å². The van der Waals surface area contributed by atoms with E-state index in [1.807, 2.05) is 0 Å². The topological polar surface area (TPSA) is 29.5 Å². The third-order valence-electron chi connectivity index (χ3n) is 4.22. The molecule has 0 unspecified atom stereocenters. The molecule has 2 aromatic carbocycles. The van der Waals surface area contributed by atoms with Crippen LogP contribution < -0.4 is 4.74 Å². The van der Waals surface area contributed by atoms with Crippen LogP contribution in [0.25, 0.3) is 0 Å². The van der Waals surface area contributed by atoms with Crippen LogP contribution in [-0.2, 0) is 17.5 Å². The molecular weight excluding hydrogens is 369 g/mol. The van der Waals surface area contributed by atoms with Crippen LogP contribution in [0.15, 0.2) is 42.5 Å². The highest BCUT2D eigenvalue weighted by molar-refractivity contribution is 5.78. The highest BCUT2D eigenvalue weighted by Crippen LogP contribution is 2.35. The molecule has 1 amide bonds. The molecule has 1 aliphatic carbocycles. The van der Waals surface area contributed by atoms with Gasteiger partial charge in [0.2, 0.25) is 0 Å². The largest absolute Gasteiger partial charge is 0.481 e. The van der Waals surface area contributed by atoms with Crippen molar-refractivity contribution < 1.29 is 31.5 Å². The molecule has 0 bridgehead atoms. The van der Waals surface area contributed by atoms with Gasteiger partial charge in [0.05, 0.1) is 5.56 Å². The van der Waals surface area contributed by atoms with E-state index in [0.717, 1.165) is 18.2 Å². The molecule has 1 fully saturated rings. The molecule has 0 atom stereocenters. The van der Waals surface area contributed by atoms with Gasteiger partial charge in [-0.05, 0) is 36.6 Å². The fourth-order valence-electron chi connectivity index (χ4n) is 2.74. The number of benzene rings is 2. The zero-order valence-electron chi connectivity index (χ0n) is 14.1. The monoisotopic (exact) mass is 385 g/mol. The summed E-state index contributed by atoms with van der Waals surface area (Å²) in [5.41, 5.74) is -0.813. The van der Waals surface area contributed by atoms with Crippen molar-refractivity contribution >= 4 is 5.91 Å². The van der Waals surface area contributed by atoms with Crippen LogP contribution >= 0.6 is 0 Å². The van der Waals surface area contributed by atoms with Crippen molar-refractivity contribution in [2.24, 2.45) is 0 Å². The summed E-state index contributed by atoms with van der Waals surface area (Å²) < 4.78 is 71.1. The number of halogens is 5. The second-order valence-electron chi connectivity index (χ2n) is 6.27. The van der Waals surface area contributed by atoms with Gasteiger partial charge >= 0.3 is 6.18 Å². The van der Waals surface area contributed by atoms with Crippen LogP contribution in [0.5, 0.6) is 5.75 Å². The Morgan fingerprint density at radius 2 is 1.81 bits per heavy atom. The smallest absolute Gasteiger partial charge is 0.416 e. The molecule has 0 aliphatic heterocycles. The Bertz CT molecular complexity index is 833. The molecule has 0 saturated heterocycles. The van der Waals surface area contributed by atoms with Gasteiger partial charge in [-0.15, -0.1) is 0 Å². The van der Waals surface area contributed by atoms with E-state index in [1.165, 1.54) is 23.1 Å². The fraction of sp³-hybridized carbons (Fsp3) is 0.316. The number of alkyl halides is 3. The minimum Gasteiger partial charge on any atom is -0.481 e. The van der Waals surface area contributed by atoms with Crippen molar-refractivity contribution in [3.05, 3.63) is 65.2 Å². The molecule has 0 N–H and O–H groups in total. The highest BCUT2D eigenvalue weighted by Gasteiger charge is 2.37. The molecule has 3 nitrogen and oxygen atoms in total. The van der Waals surface area contributed by atoms with Gasteiger partial charge in [0.25, 0.3) is 5.91 Å². The van der Waals surface area contributed by atoms with Crippen molar-refractivity contribution in [3.8, 4) is 5.75 Å². The molecule has 0 spiro atoms. The average molecular weight is 385 g/mol. The van der Waals surface area contributed by atoms with E-state index < -0.39 is 35.9 Å². The summed E-state index contributed by atoms with van der Waals surface area (Å²) in [6, 6.07) is 7.56. The number of carbonyl (C=O) groups is 1. The van der Waals surface area contributed by atoms with Gasteiger partial charge in [0.15, 0.2) is 18.2 Å². The van der Waals surface area contributed by atoms with Gasteiger partial charge in [-0.3, -0.25) is 4.79 Å². The summed E-state index contributed by atoms with van der Waals surface area (Å²) in [4.78, 5) is 13.8. The molecule has 0 radical (unpaired) electrons. The number of amides is 1. The SMILES string of the molecule is O=C(COc1ccc(F)cc1F)N(Cc1ccccc1C(F)(F)F)C1CC1. The van der Waals surface area contributed by atoms with Crippen LogP contribution in [0.1, 0.15) is 24.0 Å². The van der Waals surface area contributed by atoms with Gasteiger partial charge in [-0.2, -0.15) is 13.2 Å². The van der Waals surface area contributed by atoms with Crippen molar-refractivity contribution in [2.75, 3.05) is 6.61 Å². The quantitative estimate of drug-likeness (QED) is 0.683. The van der Waals surface area contributed by atoms with Crippen LogP contribution in [0.4, 0.5) is 22.0 Å². The van der Waals surface area contributed by atoms with E-state index in [4.69, 9.17) is 4.74 Å². The van der Waals surface area contributed by atoms with Crippen LogP contribution in [-0.4, -0.2) is 23.5 Å². The third-order valence-corrected chi connectivity index (χ3v) is 4.22. The van der Waals surface area contributed by atoms with Gasteiger partial charge in [-0.25, -0.2) is 8.78 Å². The molecule has 144 valence electrons. The lowest BCUT2D eigenvalue weighted by Gasteiger charge is -2.24. The Kier molecular flexibility index (Phi) is 5.34. The first-order valence-electron chi connectivity index (χ1n) is 8.28. The molecule has 3 rings (SSSR count). The normalized spacial score (nSPS) is 14.1. The summed E-state index contributed by atoms with van der Waals surface area (Å²) in [6.07, 6.45) is -3.15. The van der Waals surface area contributed by atoms with E-state index in [9.17, 15) is 26.7 Å². The average Bonchev–Trinajstić information content (AvgIpc) is 3.43. The maximum Gasteiger partial charge on any atom is 0.416 e. The fourth-order valence-corrected chi connectivity index (χ4v) is 2.74. The molecule has 1 saturated carbocycles. The van der Waals surface area contributed by atoms with Crippen LogP contribution in [0.2, 0.25) is 0 Å². The Morgan fingerprint density at radius 3 is 2.44 bits per heavy atom. The molecule has 27 heavy (non-hydrogen) atoms. The number of nitrogens with zero attached hydrogens (tertiary/aromatic N) is 1. The first kappa shape index (κ1) is 19.1. The number of rotatable bonds is 6. The van der Waals surface area contributed by atoms with E-state index in [0.29, 0.717) is 18.9 Å². The Hall–Kier alpha value is -2.64. The second kappa shape index (κ2) is 7.54. The lowest BCUT2D eigenvalue weighted by molar-refractivity contribution is -0.140. The van der Waals surface area contributed by atoms with Crippen molar-refractivity contribution in [2.45, 2.75) is 31.6 Å². The maximum atomic E-state index is 13.6. The predicted octanol–water partition coefficient (Wildman–Crippen LogP) is 4.55. The maximum absolute atomic E-state index is 13.6. The number of hydrogen-bond acceptors (Lipinski definition) is 2. The van der Waals surface area contributed by atoms with Gasteiger partial charge in [0, 0.05) is 18.7 Å². The van der Waals surface area contributed by atoms with Crippen molar-refractivity contribution in [1.29, 1.82) is 0 Å². The summed E-state index contributed by atoms with van der Waals surface area (Å²) in [6.45, 7) is -0.762. The highest BCUT2D eigenvalue weighted by atomic mass is 19.4. The van der Waals surface area contributed by atoms with Crippen LogP contribution in [0, 0.1) is 11.6 Å². The van der Waals surface area contributed by atoms with E-state index >= 15 is 0 Å². The second-order valence-corrected chi connectivity index (χ2v) is 6.27. The zero-order valence-corrected chi connectivity index (χ0v) is 14.1. The lowest BCUT2D eigenvalue weighted by Crippen LogP contribution is -2.36. The van der Waals surface area contributed by atoms with Crippen molar-refractivity contribution in [1.82, 2.24) is 4.90 Å². The summed E-state index contributed by atoms with van der Waals surface area (Å²) >= 11 is 0. The minimum atomic E-state index is -4.53. The van der Waals surface area contributed by atoms with E-state index in [2.05, 4.69) is 0 Å². The number of ether oxygens (including phenoxy) is 1. The lowest BCUT2D eigenvalue weighted by atomic mass is 10.1. The molecular formula is C19H16F5NO2. The molecule has 1 aliphatic rings. The first-order chi connectivity index (χ1) is 12.8. The van der Waals surface area contributed by atoms with E-state index in [-0.39, 0.29) is 23.9 Å². The third kappa shape index (κ3) is 4.75. The van der Waals surface area contributed by atoms with Gasteiger partial charge in [0.1, 0.15) is 5.82 Å². The number of carbonyl (C=O) groups excluding carboxylic acids is 1. The Labute approximate surface area is 152 Å². The summed E-state index contributed by atoms with van der Waals surface area (Å²) in [7, 11) is 0. The number of hydrogen-bond donors (Lipinski definition) is 0. The summed E-state index contributed by atoms with van der Waals surface area (Å²) in [5.74, 6) is -2.59. The Balaban J connectivity index is 1.72. The molecule has 0 aromatic heterocycles. The molecule has 2 aromatic rings. The van der Waals surface area contributed by atoms with Gasteiger partial charge < -0.3 is 9.64 Å². The zero-order chi connectivity index (χ0) is 19.6. The van der Waals surface area contributed by atoms with E-state index in [1.54, 1.807) is 0 Å². The minimum absolute atomic E-state index is 0.0155. The van der Waals surface area contributed by atoms with Crippen LogP contribution in [0.3, 0.4) is 0 Å². The Morgan fingerprint density at radius 1 is 1.11 bits per heavy atom. The van der Waals surface area contributed by atoms with Crippen molar-refractivity contribution in [3.63, 3.8) is 0 Å².